The Morgan fingerprint density at radius 1 is 1.14 bits per heavy atom. The van der Waals surface area contributed by atoms with Crippen LogP contribution in [0.1, 0.15) is 37.7 Å². The van der Waals surface area contributed by atoms with Crippen LogP contribution in [0.15, 0.2) is 30.5 Å². The Morgan fingerprint density at radius 2 is 2.00 bits per heavy atom. The molecule has 0 aliphatic heterocycles. The Balaban J connectivity index is 1.66. The highest BCUT2D eigenvalue weighted by atomic mass is 16.2. The molecule has 21 heavy (non-hydrogen) atoms. The second kappa shape index (κ2) is 8.47. The monoisotopic (exact) mass is 288 g/mol. The molecule has 1 aromatic heterocycles. The SMILES string of the molecule is O=C(CCCc1c[nH]c2ccccc12)NCCCCCO. The number of carbonyl (C=O) groups is 1. The molecule has 0 atom stereocenters. The van der Waals surface area contributed by atoms with Crippen LogP contribution in [0, 0.1) is 0 Å². The largest absolute Gasteiger partial charge is 0.396 e. The van der Waals surface area contributed by atoms with E-state index in [0.29, 0.717) is 13.0 Å². The molecule has 0 aliphatic carbocycles. The minimum absolute atomic E-state index is 0.124. The lowest BCUT2D eigenvalue weighted by molar-refractivity contribution is -0.121. The molecular formula is C17H24N2O2. The summed E-state index contributed by atoms with van der Waals surface area (Å²) in [5, 5.41) is 12.8. The van der Waals surface area contributed by atoms with Gasteiger partial charge in [0, 0.05) is 36.7 Å². The van der Waals surface area contributed by atoms with Crippen molar-refractivity contribution in [2.75, 3.05) is 13.2 Å². The third kappa shape index (κ3) is 4.90. The quantitative estimate of drug-likeness (QED) is 0.621. The van der Waals surface area contributed by atoms with E-state index in [4.69, 9.17) is 5.11 Å². The number of aliphatic hydroxyl groups excluding tert-OH is 1. The summed E-state index contributed by atoms with van der Waals surface area (Å²) < 4.78 is 0. The van der Waals surface area contributed by atoms with E-state index in [1.54, 1.807) is 0 Å². The number of H-pyrrole nitrogens is 1. The molecule has 0 bridgehead atoms. The van der Waals surface area contributed by atoms with Gasteiger partial charge in [-0.3, -0.25) is 4.79 Å². The lowest BCUT2D eigenvalue weighted by Crippen LogP contribution is -2.24. The van der Waals surface area contributed by atoms with Gasteiger partial charge >= 0.3 is 0 Å². The lowest BCUT2D eigenvalue weighted by atomic mass is 10.1. The molecule has 0 aliphatic rings. The van der Waals surface area contributed by atoms with E-state index in [-0.39, 0.29) is 12.5 Å². The van der Waals surface area contributed by atoms with Gasteiger partial charge in [-0.15, -0.1) is 0 Å². The summed E-state index contributed by atoms with van der Waals surface area (Å²) in [4.78, 5) is 15.0. The smallest absolute Gasteiger partial charge is 0.220 e. The Hall–Kier alpha value is -1.81. The Labute approximate surface area is 125 Å². The van der Waals surface area contributed by atoms with Crippen LogP contribution < -0.4 is 5.32 Å². The molecule has 0 spiro atoms. The number of fused-ring (bicyclic) bond motifs is 1. The van der Waals surface area contributed by atoms with Crippen molar-refractivity contribution < 1.29 is 9.90 Å². The van der Waals surface area contributed by atoms with E-state index in [9.17, 15) is 4.79 Å². The number of carbonyl (C=O) groups excluding carboxylic acids is 1. The fraction of sp³-hybridized carbons (Fsp3) is 0.471. The molecule has 1 amide bonds. The molecule has 1 heterocycles. The summed E-state index contributed by atoms with van der Waals surface area (Å²) in [6.07, 6.45) is 7.11. The zero-order valence-electron chi connectivity index (χ0n) is 12.4. The summed E-state index contributed by atoms with van der Waals surface area (Å²) in [5.74, 6) is 0.124. The number of aromatic amines is 1. The van der Waals surface area contributed by atoms with Crippen molar-refractivity contribution in [2.24, 2.45) is 0 Å². The number of hydrogen-bond acceptors (Lipinski definition) is 2. The fourth-order valence-electron chi connectivity index (χ4n) is 2.51. The molecule has 4 nitrogen and oxygen atoms in total. The summed E-state index contributed by atoms with van der Waals surface area (Å²) in [5.41, 5.74) is 2.43. The lowest BCUT2D eigenvalue weighted by Gasteiger charge is -2.04. The average Bonchev–Trinajstić information content (AvgIpc) is 2.91. The predicted molar refractivity (Wildman–Crippen MR) is 85.2 cm³/mol. The molecule has 2 aromatic rings. The van der Waals surface area contributed by atoms with Crippen molar-refractivity contribution in [3.8, 4) is 0 Å². The maximum atomic E-state index is 11.7. The number of unbranched alkanes of at least 4 members (excludes halogenated alkanes) is 2. The van der Waals surface area contributed by atoms with Gasteiger partial charge in [0.15, 0.2) is 0 Å². The average molecular weight is 288 g/mol. The molecule has 0 unspecified atom stereocenters. The Bertz CT molecular complexity index is 563. The van der Waals surface area contributed by atoms with Crippen molar-refractivity contribution in [1.82, 2.24) is 10.3 Å². The number of amides is 1. The molecule has 4 heteroatoms. The summed E-state index contributed by atoms with van der Waals surface area (Å²) in [6.45, 7) is 0.949. The van der Waals surface area contributed by atoms with Gasteiger partial charge in [-0.05, 0) is 43.7 Å². The van der Waals surface area contributed by atoms with Crippen molar-refractivity contribution in [2.45, 2.75) is 38.5 Å². The number of nitrogens with one attached hydrogen (secondary N) is 2. The molecule has 114 valence electrons. The second-order valence-electron chi connectivity index (χ2n) is 5.35. The van der Waals surface area contributed by atoms with E-state index in [1.165, 1.54) is 10.9 Å². The van der Waals surface area contributed by atoms with Gasteiger partial charge in [0.2, 0.25) is 5.91 Å². The minimum Gasteiger partial charge on any atom is -0.396 e. The number of hydrogen-bond donors (Lipinski definition) is 3. The van der Waals surface area contributed by atoms with Crippen LogP contribution in [0.25, 0.3) is 10.9 Å². The van der Waals surface area contributed by atoms with Crippen LogP contribution in [0.3, 0.4) is 0 Å². The van der Waals surface area contributed by atoms with Crippen LogP contribution in [0.5, 0.6) is 0 Å². The zero-order chi connectivity index (χ0) is 14.9. The van der Waals surface area contributed by atoms with Gasteiger partial charge in [0.05, 0.1) is 0 Å². The first-order valence-corrected chi connectivity index (χ1v) is 7.74. The van der Waals surface area contributed by atoms with E-state index in [0.717, 1.165) is 37.6 Å². The highest BCUT2D eigenvalue weighted by molar-refractivity contribution is 5.83. The second-order valence-corrected chi connectivity index (χ2v) is 5.35. The van der Waals surface area contributed by atoms with Crippen molar-refractivity contribution in [3.63, 3.8) is 0 Å². The zero-order valence-corrected chi connectivity index (χ0v) is 12.4. The molecule has 3 N–H and O–H groups in total. The summed E-state index contributed by atoms with van der Waals surface area (Å²) in [6, 6.07) is 8.24. The molecular weight excluding hydrogens is 264 g/mol. The van der Waals surface area contributed by atoms with E-state index < -0.39 is 0 Å². The molecule has 0 radical (unpaired) electrons. The van der Waals surface area contributed by atoms with Crippen LogP contribution >= 0.6 is 0 Å². The van der Waals surface area contributed by atoms with Crippen LogP contribution in [0.4, 0.5) is 0 Å². The van der Waals surface area contributed by atoms with E-state index in [1.807, 2.05) is 18.3 Å². The number of aromatic nitrogens is 1. The highest BCUT2D eigenvalue weighted by Gasteiger charge is 2.05. The van der Waals surface area contributed by atoms with Gasteiger partial charge < -0.3 is 15.4 Å². The van der Waals surface area contributed by atoms with Crippen molar-refractivity contribution in [3.05, 3.63) is 36.0 Å². The highest BCUT2D eigenvalue weighted by Crippen LogP contribution is 2.19. The molecule has 1 aromatic carbocycles. The number of para-hydroxylation sites is 1. The van der Waals surface area contributed by atoms with Gasteiger partial charge in [-0.1, -0.05) is 18.2 Å². The third-order valence-electron chi connectivity index (χ3n) is 3.68. The first-order valence-electron chi connectivity index (χ1n) is 7.74. The van der Waals surface area contributed by atoms with Gasteiger partial charge in [0.25, 0.3) is 0 Å². The number of rotatable bonds is 9. The Morgan fingerprint density at radius 3 is 2.86 bits per heavy atom. The minimum atomic E-state index is 0.124. The fourth-order valence-corrected chi connectivity index (χ4v) is 2.51. The normalized spacial score (nSPS) is 10.9. The summed E-state index contributed by atoms with van der Waals surface area (Å²) in [7, 11) is 0. The standard InChI is InChI=1S/C17H24N2O2/c20-12-5-1-4-11-18-17(21)10-6-7-14-13-19-16-9-3-2-8-15(14)16/h2-3,8-9,13,19-20H,1,4-7,10-12H2,(H,18,21). The van der Waals surface area contributed by atoms with E-state index >= 15 is 0 Å². The third-order valence-corrected chi connectivity index (χ3v) is 3.68. The van der Waals surface area contributed by atoms with Gasteiger partial charge in [0.1, 0.15) is 0 Å². The summed E-state index contributed by atoms with van der Waals surface area (Å²) >= 11 is 0. The first-order chi connectivity index (χ1) is 10.3. The molecule has 0 saturated carbocycles. The van der Waals surface area contributed by atoms with Gasteiger partial charge in [-0.25, -0.2) is 0 Å². The van der Waals surface area contributed by atoms with Crippen molar-refractivity contribution in [1.29, 1.82) is 0 Å². The molecule has 2 rings (SSSR count). The first kappa shape index (κ1) is 15.6. The Kier molecular flexibility index (Phi) is 6.28. The van der Waals surface area contributed by atoms with Gasteiger partial charge in [-0.2, -0.15) is 0 Å². The van der Waals surface area contributed by atoms with Crippen LogP contribution in [-0.2, 0) is 11.2 Å². The van der Waals surface area contributed by atoms with Crippen molar-refractivity contribution >= 4 is 16.8 Å². The van der Waals surface area contributed by atoms with Crippen LogP contribution in [-0.4, -0.2) is 29.1 Å². The molecule has 0 saturated heterocycles. The molecule has 0 fully saturated rings. The van der Waals surface area contributed by atoms with Crippen LogP contribution in [0.2, 0.25) is 0 Å². The maximum Gasteiger partial charge on any atom is 0.220 e. The predicted octanol–water partition coefficient (Wildman–Crippen LogP) is 2.77. The number of benzene rings is 1. The topological polar surface area (TPSA) is 65.1 Å². The van der Waals surface area contributed by atoms with E-state index in [2.05, 4.69) is 22.4 Å². The number of aryl methyl sites for hydroxylation is 1. The number of aliphatic hydroxyl groups is 1. The maximum absolute atomic E-state index is 11.7.